The third-order valence-electron chi connectivity index (χ3n) is 4.37. The fourth-order valence-corrected chi connectivity index (χ4v) is 2.93. The number of amides is 2. The molecule has 2 unspecified atom stereocenters. The Morgan fingerprint density at radius 2 is 1.75 bits per heavy atom. The Bertz CT molecular complexity index is 550. The molecule has 1 N–H and O–H groups in total. The Labute approximate surface area is 144 Å². The monoisotopic (exact) mass is 332 g/mol. The molecule has 0 radical (unpaired) electrons. The number of hydrogen-bond donors (Lipinski definition) is 1. The Hall–Kier alpha value is -2.04. The van der Waals surface area contributed by atoms with Crippen LogP contribution in [-0.2, 0) is 16.1 Å². The van der Waals surface area contributed by atoms with Gasteiger partial charge in [0, 0.05) is 19.6 Å². The van der Waals surface area contributed by atoms with Gasteiger partial charge in [-0.3, -0.25) is 9.59 Å². The van der Waals surface area contributed by atoms with Gasteiger partial charge in [-0.2, -0.15) is 0 Å². The summed E-state index contributed by atoms with van der Waals surface area (Å²) < 4.78 is 5.12. The van der Waals surface area contributed by atoms with Crippen molar-refractivity contribution in [1.29, 1.82) is 0 Å². The maximum atomic E-state index is 12.5. The highest BCUT2D eigenvalue weighted by molar-refractivity contribution is 5.92. The molecule has 1 aliphatic rings. The lowest BCUT2D eigenvalue weighted by Gasteiger charge is -2.21. The van der Waals surface area contributed by atoms with Crippen molar-refractivity contribution in [2.45, 2.75) is 39.7 Å². The first-order chi connectivity index (χ1) is 11.6. The number of nitrogens with one attached hydrogen (secondary N) is 1. The summed E-state index contributed by atoms with van der Waals surface area (Å²) in [6.07, 6.45) is 2.58. The lowest BCUT2D eigenvalue weighted by Crippen LogP contribution is -2.35. The van der Waals surface area contributed by atoms with Crippen LogP contribution in [0.4, 0.5) is 0 Å². The molecule has 0 saturated heterocycles. The lowest BCUT2D eigenvalue weighted by molar-refractivity contribution is -0.134. The summed E-state index contributed by atoms with van der Waals surface area (Å²) in [6, 6.07) is 7.61. The number of hydrogen-bond acceptors (Lipinski definition) is 3. The summed E-state index contributed by atoms with van der Waals surface area (Å²) in [6.45, 7) is 6.18. The Morgan fingerprint density at radius 3 is 2.29 bits per heavy atom. The molecule has 2 amide bonds. The van der Waals surface area contributed by atoms with E-state index in [1.54, 1.807) is 7.11 Å². The molecule has 0 bridgehead atoms. The van der Waals surface area contributed by atoms with E-state index >= 15 is 0 Å². The second-order valence-electron chi connectivity index (χ2n) is 6.34. The molecule has 1 aromatic rings. The molecule has 1 fully saturated rings. The Kier molecular flexibility index (Phi) is 6.64. The van der Waals surface area contributed by atoms with E-state index in [1.807, 2.05) is 29.2 Å². The molecule has 0 spiro atoms. The van der Waals surface area contributed by atoms with Crippen molar-refractivity contribution in [3.05, 3.63) is 29.8 Å². The second-order valence-corrected chi connectivity index (χ2v) is 6.34. The zero-order chi connectivity index (χ0) is 17.5. The maximum Gasteiger partial charge on any atom is 0.226 e. The van der Waals surface area contributed by atoms with Crippen molar-refractivity contribution in [1.82, 2.24) is 10.2 Å². The van der Waals surface area contributed by atoms with Gasteiger partial charge in [-0.15, -0.1) is 0 Å². The zero-order valence-corrected chi connectivity index (χ0v) is 14.9. The molecule has 1 aromatic carbocycles. The molecule has 2 atom stereocenters. The van der Waals surface area contributed by atoms with Crippen LogP contribution in [0.25, 0.3) is 0 Å². The van der Waals surface area contributed by atoms with Gasteiger partial charge in [0.05, 0.1) is 18.9 Å². The molecule has 5 nitrogen and oxygen atoms in total. The number of nitrogens with zero attached hydrogens (tertiary/aromatic N) is 1. The quantitative estimate of drug-likeness (QED) is 0.756. The Balaban J connectivity index is 1.80. The summed E-state index contributed by atoms with van der Waals surface area (Å²) in [5, 5.41) is 2.94. The molecular weight excluding hydrogens is 304 g/mol. The van der Waals surface area contributed by atoms with Crippen molar-refractivity contribution in [2.24, 2.45) is 11.8 Å². The molecule has 0 heterocycles. The van der Waals surface area contributed by atoms with Crippen LogP contribution >= 0.6 is 0 Å². The van der Waals surface area contributed by atoms with Crippen molar-refractivity contribution in [2.75, 3.05) is 20.2 Å². The number of rotatable bonds is 9. The van der Waals surface area contributed by atoms with Crippen molar-refractivity contribution < 1.29 is 14.3 Å². The second kappa shape index (κ2) is 8.71. The van der Waals surface area contributed by atoms with E-state index in [2.05, 4.69) is 19.2 Å². The van der Waals surface area contributed by atoms with Crippen LogP contribution in [0, 0.1) is 11.8 Å². The molecule has 1 aliphatic carbocycles. The van der Waals surface area contributed by atoms with Crippen LogP contribution in [0.2, 0.25) is 0 Å². The van der Waals surface area contributed by atoms with Gasteiger partial charge in [0.25, 0.3) is 0 Å². The van der Waals surface area contributed by atoms with Crippen LogP contribution in [-0.4, -0.2) is 36.9 Å². The molecule has 0 aliphatic heterocycles. The fraction of sp³-hybridized carbons (Fsp3) is 0.579. The first kappa shape index (κ1) is 18.3. The first-order valence-electron chi connectivity index (χ1n) is 8.80. The van der Waals surface area contributed by atoms with E-state index in [9.17, 15) is 9.59 Å². The minimum atomic E-state index is -0.160. The summed E-state index contributed by atoms with van der Waals surface area (Å²) >= 11 is 0. The highest BCUT2D eigenvalue weighted by Crippen LogP contribution is 2.40. The average Bonchev–Trinajstić information content (AvgIpc) is 3.40. The number of carbonyl (C=O) groups excluding carboxylic acids is 2. The van der Waals surface area contributed by atoms with E-state index in [1.165, 1.54) is 0 Å². The van der Waals surface area contributed by atoms with E-state index in [-0.39, 0.29) is 23.7 Å². The minimum absolute atomic E-state index is 0.0166. The summed E-state index contributed by atoms with van der Waals surface area (Å²) in [4.78, 5) is 26.6. The molecule has 1 saturated carbocycles. The predicted molar refractivity (Wildman–Crippen MR) is 93.6 cm³/mol. The highest BCUT2D eigenvalue weighted by Gasteiger charge is 2.49. The smallest absolute Gasteiger partial charge is 0.226 e. The van der Waals surface area contributed by atoms with Crippen LogP contribution in [0.5, 0.6) is 5.75 Å². The molecule has 5 heteroatoms. The normalized spacial score (nSPS) is 18.8. The van der Waals surface area contributed by atoms with Gasteiger partial charge in [0.2, 0.25) is 11.8 Å². The number of carbonyl (C=O) groups is 2. The van der Waals surface area contributed by atoms with Gasteiger partial charge in [-0.05, 0) is 37.0 Å². The zero-order valence-electron chi connectivity index (χ0n) is 14.9. The van der Waals surface area contributed by atoms with Gasteiger partial charge in [0.1, 0.15) is 5.75 Å². The van der Waals surface area contributed by atoms with Crippen LogP contribution in [0.1, 0.15) is 38.7 Å². The Morgan fingerprint density at radius 1 is 1.12 bits per heavy atom. The van der Waals surface area contributed by atoms with Gasteiger partial charge in [-0.1, -0.05) is 26.0 Å². The molecular formula is C19H28N2O3. The van der Waals surface area contributed by atoms with E-state index in [0.29, 0.717) is 13.0 Å². The van der Waals surface area contributed by atoms with E-state index < -0.39 is 0 Å². The number of methoxy groups -OCH3 is 1. The number of benzene rings is 1. The molecule has 2 rings (SSSR count). The van der Waals surface area contributed by atoms with Crippen LogP contribution in [0.15, 0.2) is 24.3 Å². The first-order valence-corrected chi connectivity index (χ1v) is 8.80. The van der Waals surface area contributed by atoms with Gasteiger partial charge < -0.3 is 15.0 Å². The summed E-state index contributed by atoms with van der Waals surface area (Å²) in [5.74, 6) is 0.635. The molecule has 0 aromatic heterocycles. The third kappa shape index (κ3) is 4.73. The summed E-state index contributed by atoms with van der Waals surface area (Å²) in [5.41, 5.74) is 1.02. The molecule has 24 heavy (non-hydrogen) atoms. The summed E-state index contributed by atoms with van der Waals surface area (Å²) in [7, 11) is 1.63. The minimum Gasteiger partial charge on any atom is -0.497 e. The average molecular weight is 332 g/mol. The van der Waals surface area contributed by atoms with Gasteiger partial charge in [0.15, 0.2) is 0 Å². The number of ether oxygens (including phenoxy) is 1. The lowest BCUT2D eigenvalue weighted by atomic mass is 10.2. The van der Waals surface area contributed by atoms with E-state index in [4.69, 9.17) is 4.74 Å². The van der Waals surface area contributed by atoms with Crippen molar-refractivity contribution >= 4 is 11.8 Å². The van der Waals surface area contributed by atoms with Gasteiger partial charge in [-0.25, -0.2) is 0 Å². The van der Waals surface area contributed by atoms with Crippen molar-refractivity contribution in [3.8, 4) is 5.75 Å². The van der Waals surface area contributed by atoms with Gasteiger partial charge >= 0.3 is 0 Å². The topological polar surface area (TPSA) is 58.6 Å². The fourth-order valence-electron chi connectivity index (χ4n) is 2.93. The molecule has 132 valence electrons. The third-order valence-corrected chi connectivity index (χ3v) is 4.37. The maximum absolute atomic E-state index is 12.5. The van der Waals surface area contributed by atoms with Crippen molar-refractivity contribution in [3.63, 3.8) is 0 Å². The SMILES string of the molecule is CCCN(CCC)C(=O)C1CC1C(=O)NCc1ccc(OC)cc1. The highest BCUT2D eigenvalue weighted by atomic mass is 16.5. The largest absolute Gasteiger partial charge is 0.497 e. The van der Waals surface area contributed by atoms with Crippen LogP contribution < -0.4 is 10.1 Å². The predicted octanol–water partition coefficient (Wildman–Crippen LogP) is 2.60. The standard InChI is InChI=1S/C19H28N2O3/c1-4-10-21(11-5-2)19(23)17-12-16(17)18(22)20-13-14-6-8-15(24-3)9-7-14/h6-9,16-17H,4-5,10-13H2,1-3H3,(H,20,22). The van der Waals surface area contributed by atoms with E-state index in [0.717, 1.165) is 37.2 Å². The van der Waals surface area contributed by atoms with Crippen LogP contribution in [0.3, 0.4) is 0 Å².